The minimum atomic E-state index is -0.307. The Bertz CT molecular complexity index is 1070. The number of halogens is 1. The van der Waals surface area contributed by atoms with Crippen LogP contribution in [0.3, 0.4) is 0 Å². The van der Waals surface area contributed by atoms with E-state index in [4.69, 9.17) is 4.52 Å². The van der Waals surface area contributed by atoms with Gasteiger partial charge in [0.05, 0.1) is 10.2 Å². The van der Waals surface area contributed by atoms with Gasteiger partial charge in [-0.1, -0.05) is 5.16 Å². The highest BCUT2D eigenvalue weighted by molar-refractivity contribution is 7.17. The van der Waals surface area contributed by atoms with Crippen LogP contribution in [0.2, 0.25) is 0 Å². The smallest absolute Gasteiger partial charge is 0.170 e. The first-order valence-electron chi connectivity index (χ1n) is 8.47. The summed E-state index contributed by atoms with van der Waals surface area (Å²) >= 11 is 1.68. The molecule has 4 heterocycles. The maximum atomic E-state index is 13.3. The van der Waals surface area contributed by atoms with Gasteiger partial charge in [0.2, 0.25) is 0 Å². The lowest BCUT2D eigenvalue weighted by Crippen LogP contribution is -2.46. The molecule has 0 N–H and O–H groups in total. The van der Waals surface area contributed by atoms with Crippen molar-refractivity contribution in [3.63, 3.8) is 0 Å². The summed E-state index contributed by atoms with van der Waals surface area (Å²) < 4.78 is 19.7. The van der Waals surface area contributed by atoms with Gasteiger partial charge in [-0.3, -0.25) is 4.90 Å². The molecule has 26 heavy (non-hydrogen) atoms. The Morgan fingerprint density at radius 1 is 1.12 bits per heavy atom. The van der Waals surface area contributed by atoms with Crippen LogP contribution in [0, 0.1) is 5.82 Å². The zero-order chi connectivity index (χ0) is 17.5. The Hall–Kier alpha value is -2.58. The highest BCUT2D eigenvalue weighted by Gasteiger charge is 2.22. The number of piperazine rings is 1. The second-order valence-corrected chi connectivity index (χ2v) is 7.28. The van der Waals surface area contributed by atoms with E-state index in [1.54, 1.807) is 23.7 Å². The van der Waals surface area contributed by atoms with Crippen LogP contribution in [0.15, 0.2) is 40.5 Å². The summed E-state index contributed by atoms with van der Waals surface area (Å²) in [4.78, 5) is 13.5. The molecule has 8 heteroatoms. The molecule has 1 aromatic carbocycles. The number of rotatable bonds is 3. The van der Waals surface area contributed by atoms with Crippen LogP contribution in [0.1, 0.15) is 5.69 Å². The van der Waals surface area contributed by atoms with Gasteiger partial charge in [-0.2, -0.15) is 0 Å². The van der Waals surface area contributed by atoms with Gasteiger partial charge in [0, 0.05) is 44.2 Å². The predicted octanol–water partition coefficient (Wildman–Crippen LogP) is 3.29. The first-order valence-corrected chi connectivity index (χ1v) is 9.35. The molecule has 0 unspecified atom stereocenters. The molecular weight excluding hydrogens is 353 g/mol. The lowest BCUT2D eigenvalue weighted by Gasteiger charge is -2.35. The van der Waals surface area contributed by atoms with Gasteiger partial charge in [0.1, 0.15) is 23.7 Å². The van der Waals surface area contributed by atoms with Crippen molar-refractivity contribution in [2.45, 2.75) is 6.54 Å². The fourth-order valence-electron chi connectivity index (χ4n) is 3.41. The molecule has 4 aromatic rings. The Balaban J connectivity index is 1.30. The Morgan fingerprint density at radius 2 is 2.00 bits per heavy atom. The fraction of sp³-hybridized carbons (Fsp3) is 0.278. The number of benzene rings is 1. The summed E-state index contributed by atoms with van der Waals surface area (Å²) in [5.41, 5.74) is 2.36. The van der Waals surface area contributed by atoms with Crippen LogP contribution in [0.25, 0.3) is 21.2 Å². The minimum Gasteiger partial charge on any atom is -0.356 e. The van der Waals surface area contributed by atoms with Crippen molar-refractivity contribution in [1.29, 1.82) is 0 Å². The maximum Gasteiger partial charge on any atom is 0.170 e. The van der Waals surface area contributed by atoms with Crippen molar-refractivity contribution in [3.8, 4) is 0 Å². The molecule has 1 fully saturated rings. The highest BCUT2D eigenvalue weighted by atomic mass is 32.1. The number of thiophene rings is 1. The number of aromatic nitrogens is 3. The third-order valence-electron chi connectivity index (χ3n) is 4.78. The lowest BCUT2D eigenvalue weighted by atomic mass is 10.2. The second-order valence-electron chi connectivity index (χ2n) is 6.37. The van der Waals surface area contributed by atoms with Gasteiger partial charge >= 0.3 is 0 Å². The van der Waals surface area contributed by atoms with E-state index in [0.29, 0.717) is 12.1 Å². The van der Waals surface area contributed by atoms with Gasteiger partial charge in [0.25, 0.3) is 0 Å². The molecule has 0 spiro atoms. The van der Waals surface area contributed by atoms with Crippen LogP contribution in [-0.2, 0) is 6.54 Å². The van der Waals surface area contributed by atoms with Gasteiger partial charge in [-0.05, 0) is 23.6 Å². The average Bonchev–Trinajstić information content (AvgIpc) is 3.29. The molecule has 1 aliphatic heterocycles. The van der Waals surface area contributed by atoms with Crippen molar-refractivity contribution >= 4 is 38.3 Å². The summed E-state index contributed by atoms with van der Waals surface area (Å²) in [5, 5.41) is 7.06. The lowest BCUT2D eigenvalue weighted by molar-refractivity contribution is 0.243. The van der Waals surface area contributed by atoms with Crippen molar-refractivity contribution in [2.24, 2.45) is 0 Å². The summed E-state index contributed by atoms with van der Waals surface area (Å²) in [7, 11) is 0. The summed E-state index contributed by atoms with van der Waals surface area (Å²) in [5.74, 6) is 0.713. The standard InChI is InChI=1S/C18H16FN5OS/c19-12-1-2-13-15(22-25-16(13)9-12)10-23-4-6-24(7-5-23)18-17-14(3-8-26-17)20-11-21-18/h1-3,8-9,11H,4-7,10H2. The summed E-state index contributed by atoms with van der Waals surface area (Å²) in [6, 6.07) is 6.59. The average molecular weight is 369 g/mol. The van der Waals surface area contributed by atoms with Crippen molar-refractivity contribution < 1.29 is 8.91 Å². The molecule has 6 nitrogen and oxygen atoms in total. The van der Waals surface area contributed by atoms with Gasteiger partial charge in [0.15, 0.2) is 5.58 Å². The largest absolute Gasteiger partial charge is 0.356 e. The molecule has 1 saturated heterocycles. The molecule has 0 radical (unpaired) electrons. The molecule has 1 aliphatic rings. The molecule has 0 amide bonds. The van der Waals surface area contributed by atoms with E-state index in [0.717, 1.165) is 53.3 Å². The van der Waals surface area contributed by atoms with E-state index in [2.05, 4.69) is 30.3 Å². The summed E-state index contributed by atoms with van der Waals surface area (Å²) in [6.45, 7) is 4.31. The monoisotopic (exact) mass is 369 g/mol. The predicted molar refractivity (Wildman–Crippen MR) is 98.9 cm³/mol. The minimum absolute atomic E-state index is 0.307. The van der Waals surface area contributed by atoms with Crippen molar-refractivity contribution in [3.05, 3.63) is 47.5 Å². The number of anilines is 1. The van der Waals surface area contributed by atoms with Crippen molar-refractivity contribution in [1.82, 2.24) is 20.0 Å². The first-order chi connectivity index (χ1) is 12.8. The van der Waals surface area contributed by atoms with Gasteiger partial charge in [-0.15, -0.1) is 11.3 Å². The fourth-order valence-corrected chi connectivity index (χ4v) is 4.27. The zero-order valence-corrected chi connectivity index (χ0v) is 14.7. The SMILES string of the molecule is Fc1ccc2c(CN3CCN(c4ncnc5ccsc45)CC3)noc2c1. The number of hydrogen-bond acceptors (Lipinski definition) is 7. The maximum absolute atomic E-state index is 13.3. The quantitative estimate of drug-likeness (QED) is 0.552. The number of hydrogen-bond donors (Lipinski definition) is 0. The zero-order valence-electron chi connectivity index (χ0n) is 13.9. The molecular formula is C18H16FN5OS. The Kier molecular flexibility index (Phi) is 3.79. The summed E-state index contributed by atoms with van der Waals surface area (Å²) in [6.07, 6.45) is 1.64. The molecule has 0 atom stereocenters. The topological polar surface area (TPSA) is 58.3 Å². The van der Waals surface area contributed by atoms with E-state index >= 15 is 0 Å². The number of nitrogens with zero attached hydrogens (tertiary/aromatic N) is 5. The van der Waals surface area contributed by atoms with E-state index < -0.39 is 0 Å². The third kappa shape index (κ3) is 2.71. The van der Waals surface area contributed by atoms with E-state index in [-0.39, 0.29) is 5.82 Å². The van der Waals surface area contributed by atoms with Crippen LogP contribution >= 0.6 is 11.3 Å². The van der Waals surface area contributed by atoms with Gasteiger partial charge in [-0.25, -0.2) is 14.4 Å². The van der Waals surface area contributed by atoms with Crippen LogP contribution in [0.4, 0.5) is 10.2 Å². The molecule has 0 bridgehead atoms. The molecule has 132 valence electrons. The Morgan fingerprint density at radius 3 is 2.88 bits per heavy atom. The highest BCUT2D eigenvalue weighted by Crippen LogP contribution is 2.29. The molecule has 5 rings (SSSR count). The van der Waals surface area contributed by atoms with Crippen LogP contribution in [-0.4, -0.2) is 46.2 Å². The first kappa shape index (κ1) is 15.7. The van der Waals surface area contributed by atoms with E-state index in [1.807, 2.05) is 6.07 Å². The normalized spacial score (nSPS) is 16.0. The van der Waals surface area contributed by atoms with E-state index in [9.17, 15) is 4.39 Å². The van der Waals surface area contributed by atoms with Crippen LogP contribution in [0.5, 0.6) is 0 Å². The Labute approximate surface area is 152 Å². The number of fused-ring (bicyclic) bond motifs is 2. The molecule has 0 aliphatic carbocycles. The third-order valence-corrected chi connectivity index (χ3v) is 5.68. The van der Waals surface area contributed by atoms with Gasteiger partial charge < -0.3 is 9.42 Å². The second kappa shape index (κ2) is 6.30. The molecule has 0 saturated carbocycles. The molecule has 3 aromatic heterocycles. The van der Waals surface area contributed by atoms with Crippen LogP contribution < -0.4 is 4.90 Å². The van der Waals surface area contributed by atoms with Crippen molar-refractivity contribution in [2.75, 3.05) is 31.1 Å². The van der Waals surface area contributed by atoms with E-state index in [1.165, 1.54) is 12.1 Å².